The predicted octanol–water partition coefficient (Wildman–Crippen LogP) is 33.4. The van der Waals surface area contributed by atoms with Crippen LogP contribution in [-0.2, 0) is 10.8 Å². The Morgan fingerprint density at radius 1 is 0.252 bits per heavy atom. The number of halogens is 1. The van der Waals surface area contributed by atoms with Crippen molar-refractivity contribution >= 4 is 136 Å². The molecule has 0 atom stereocenters. The van der Waals surface area contributed by atoms with Crippen LogP contribution >= 0.6 is 15.9 Å². The second-order valence-corrected chi connectivity index (χ2v) is 34.5. The summed E-state index contributed by atoms with van der Waals surface area (Å²) in [6, 6.07) is 159. The van der Waals surface area contributed by atoms with Gasteiger partial charge in [0.2, 0.25) is 0 Å². The lowest BCUT2D eigenvalue weighted by Gasteiger charge is -2.29. The minimum Gasteiger partial charge on any atom is -0.353 e. The van der Waals surface area contributed by atoms with Gasteiger partial charge in [0.05, 0.1) is 33.8 Å². The summed E-state index contributed by atoms with van der Waals surface area (Å²) < 4.78 is 3.66. The maximum absolute atomic E-state index is 3.90. The molecule has 2 heterocycles. The molecule has 0 aliphatic heterocycles. The first-order valence-electron chi connectivity index (χ1n) is 42.6. The van der Waals surface area contributed by atoms with Crippen LogP contribution in [0, 0.1) is 0 Å². The van der Waals surface area contributed by atoms with Crippen molar-refractivity contribution in [3.63, 3.8) is 0 Å². The number of fused-ring (bicyclic) bond motifs is 18. The predicted molar refractivity (Wildman–Crippen MR) is 527 cm³/mol. The first-order chi connectivity index (χ1) is 60.5. The lowest BCUT2D eigenvalue weighted by molar-refractivity contribution is 0.660. The third-order valence-corrected chi connectivity index (χ3v) is 26.4. The van der Waals surface area contributed by atoms with E-state index in [1.54, 1.807) is 0 Å². The van der Waals surface area contributed by atoms with Gasteiger partial charge in [-0.3, -0.25) is 0 Å². The maximum atomic E-state index is 3.90. The average molecular weight is 1640 g/mol. The van der Waals surface area contributed by atoms with Crippen LogP contribution in [0.1, 0.15) is 49.9 Å². The van der Waals surface area contributed by atoms with E-state index >= 15 is 0 Å². The number of aromatic nitrogens is 2. The van der Waals surface area contributed by atoms with Crippen LogP contribution in [0.3, 0.4) is 0 Å². The first kappa shape index (κ1) is 74.4. The van der Waals surface area contributed by atoms with Crippen molar-refractivity contribution in [1.82, 2.24) is 9.55 Å². The molecule has 1 N–H and O–H groups in total. The molecule has 123 heavy (non-hydrogen) atoms. The van der Waals surface area contributed by atoms with E-state index in [0.717, 1.165) is 55.5 Å². The number of benzene rings is 20. The molecule has 0 saturated carbocycles. The van der Waals surface area contributed by atoms with Crippen molar-refractivity contribution in [2.24, 2.45) is 0 Å². The van der Waals surface area contributed by atoms with Gasteiger partial charge in [0.1, 0.15) is 0 Å². The standard InChI is InChI=1S/C59H42N2.C49H36N2.C10H7Br/c1-59(2)53-27-15-14-25-48(53)49-32-31-45(38-54(49)59)60(43-23-10-5-11-24-43)55-28-16-26-46-47-33-36-52-56(40-18-6-3-7-19-40)57(41-20-8-4-9-21-41)61(58(52)51(47)35-34-50(46)55)44-30-29-39-17-12-13-22-42(39)37-44;1-49(2)43-23-13-12-21-38(43)39-26-25-35(31-44(39)49)51(34-19-10-5-11-20-34)45-24-14-22-36-37-27-30-42-46(32-15-6-3-7-16-32)47(33-17-8-4-9-18-33)50-48(42)41(37)29-28-40(36)45;11-10-6-5-8-3-1-2-4-9(8)7-10/h3-38H,1-2H3;3-31,50H,1-2H3;1-7H. The fourth-order valence-electron chi connectivity index (χ4n) is 20.0. The summed E-state index contributed by atoms with van der Waals surface area (Å²) in [5.74, 6) is 0. The van der Waals surface area contributed by atoms with Gasteiger partial charge in [0, 0.05) is 87.2 Å². The summed E-state index contributed by atoms with van der Waals surface area (Å²) in [5.41, 5.74) is 30.6. The van der Waals surface area contributed by atoms with Gasteiger partial charge in [-0.25, -0.2) is 0 Å². The molecule has 2 aliphatic carbocycles. The third kappa shape index (κ3) is 12.7. The first-order valence-corrected chi connectivity index (χ1v) is 43.4. The second kappa shape index (κ2) is 30.4. The topological polar surface area (TPSA) is 27.2 Å². The molecule has 0 bridgehead atoms. The van der Waals surface area contributed by atoms with Crippen LogP contribution < -0.4 is 9.80 Å². The number of hydrogen-bond acceptors (Lipinski definition) is 2. The molecule has 0 spiro atoms. The number of aromatic amines is 1. The Kier molecular flexibility index (Phi) is 18.4. The summed E-state index contributed by atoms with van der Waals surface area (Å²) in [7, 11) is 0. The monoisotopic (exact) mass is 1640 g/mol. The van der Waals surface area contributed by atoms with Gasteiger partial charge in [-0.05, 0) is 195 Å². The number of rotatable bonds is 11. The van der Waals surface area contributed by atoms with Gasteiger partial charge in [0.25, 0.3) is 0 Å². The lowest BCUT2D eigenvalue weighted by Crippen LogP contribution is -2.16. The smallest absolute Gasteiger partial charge is 0.0620 e. The number of anilines is 6. The maximum Gasteiger partial charge on any atom is 0.0620 e. The van der Waals surface area contributed by atoms with Gasteiger partial charge in [-0.2, -0.15) is 0 Å². The quantitative estimate of drug-likeness (QED) is 0.131. The van der Waals surface area contributed by atoms with Crippen LogP contribution in [0.15, 0.2) is 441 Å². The van der Waals surface area contributed by atoms with Crippen LogP contribution in [-0.4, -0.2) is 9.55 Å². The Morgan fingerprint density at radius 2 is 0.642 bits per heavy atom. The van der Waals surface area contributed by atoms with E-state index < -0.39 is 0 Å². The van der Waals surface area contributed by atoms with E-state index in [0.29, 0.717) is 0 Å². The molecular weight excluding hydrogens is 1550 g/mol. The second-order valence-electron chi connectivity index (χ2n) is 33.6. The molecule has 5 heteroatoms. The molecule has 20 aromatic carbocycles. The van der Waals surface area contributed by atoms with E-state index in [-0.39, 0.29) is 10.8 Å². The Balaban J connectivity index is 0.000000132. The zero-order valence-corrected chi connectivity index (χ0v) is 70.4. The number of nitrogens with one attached hydrogen (secondary N) is 1. The van der Waals surface area contributed by atoms with Crippen molar-refractivity contribution in [2.75, 3.05) is 9.80 Å². The Labute approximate surface area is 725 Å². The highest BCUT2D eigenvalue weighted by Gasteiger charge is 2.38. The number of hydrogen-bond donors (Lipinski definition) is 1. The lowest BCUT2D eigenvalue weighted by atomic mass is 9.82. The molecular formula is C118H85BrN4. The van der Waals surface area contributed by atoms with Crippen LogP contribution in [0.4, 0.5) is 34.1 Å². The molecule has 0 fully saturated rings. The largest absolute Gasteiger partial charge is 0.353 e. The third-order valence-electron chi connectivity index (χ3n) is 25.9. The molecule has 0 saturated heterocycles. The van der Waals surface area contributed by atoms with Gasteiger partial charge in [-0.15, -0.1) is 0 Å². The van der Waals surface area contributed by atoms with E-state index in [1.165, 1.54) is 165 Å². The van der Waals surface area contributed by atoms with Crippen LogP contribution in [0.25, 0.3) is 159 Å². The molecule has 0 unspecified atom stereocenters. The zero-order chi connectivity index (χ0) is 82.4. The number of H-pyrrole nitrogens is 1. The summed E-state index contributed by atoms with van der Waals surface area (Å²) in [6.07, 6.45) is 0. The molecule has 0 amide bonds. The highest BCUT2D eigenvalue weighted by molar-refractivity contribution is 9.10. The summed E-state index contributed by atoms with van der Waals surface area (Å²) >= 11 is 3.43. The molecule has 4 nitrogen and oxygen atoms in total. The molecule has 24 rings (SSSR count). The normalized spacial score (nSPS) is 12.7. The van der Waals surface area contributed by atoms with Gasteiger partial charge >= 0.3 is 0 Å². The Hall–Kier alpha value is -14.9. The van der Waals surface area contributed by atoms with Crippen molar-refractivity contribution in [3.05, 3.63) is 464 Å². The summed E-state index contributed by atoms with van der Waals surface area (Å²) in [6.45, 7) is 9.43. The van der Waals surface area contributed by atoms with Gasteiger partial charge < -0.3 is 19.4 Å². The van der Waals surface area contributed by atoms with E-state index in [4.69, 9.17) is 0 Å². The Bertz CT molecular complexity index is 7860. The zero-order valence-electron chi connectivity index (χ0n) is 68.8. The SMILES string of the molecule is Brc1ccc2ccccc2c1.CC1(C)c2ccccc2-c2ccc(N(c3ccccc3)c3cccc4c3ccc3c4ccc4c(-c5ccccc5)c(-c5ccccc5)[nH]c43)cc21.CC1(C)c2ccccc2-c2ccc(N(c3ccccc3)c3cccc4c3ccc3c4ccc4c(-c5ccccc5)c(-c5ccccc5)n(-c5ccc6ccccc6c5)c43)cc21. The number of nitrogens with zero attached hydrogens (tertiary/aromatic N) is 3. The fraction of sp³-hybridized carbons (Fsp3) is 0.0508. The highest BCUT2D eigenvalue weighted by Crippen LogP contribution is 2.55. The molecule has 22 aromatic rings. The van der Waals surface area contributed by atoms with Crippen molar-refractivity contribution < 1.29 is 0 Å². The summed E-state index contributed by atoms with van der Waals surface area (Å²) in [4.78, 5) is 8.79. The van der Waals surface area contributed by atoms with Crippen molar-refractivity contribution in [1.29, 1.82) is 0 Å². The van der Waals surface area contributed by atoms with Gasteiger partial charge in [-0.1, -0.05) is 395 Å². The highest BCUT2D eigenvalue weighted by atomic mass is 79.9. The fourth-order valence-corrected chi connectivity index (χ4v) is 20.4. The van der Waals surface area contributed by atoms with Crippen molar-refractivity contribution in [2.45, 2.75) is 38.5 Å². The van der Waals surface area contributed by atoms with Gasteiger partial charge in [0.15, 0.2) is 0 Å². The minimum absolute atomic E-state index is 0.0854. The molecule has 0 radical (unpaired) electrons. The van der Waals surface area contributed by atoms with Crippen LogP contribution in [0.2, 0.25) is 0 Å². The van der Waals surface area contributed by atoms with Crippen molar-refractivity contribution in [3.8, 4) is 72.7 Å². The molecule has 2 aliphatic rings. The van der Waals surface area contributed by atoms with E-state index in [2.05, 4.69) is 500 Å². The summed E-state index contributed by atoms with van der Waals surface area (Å²) in [5, 5.41) is 17.3. The Morgan fingerprint density at radius 3 is 1.18 bits per heavy atom. The minimum atomic E-state index is -0.109. The number of para-hydroxylation sites is 2. The molecule has 2 aromatic heterocycles. The van der Waals surface area contributed by atoms with Crippen LogP contribution in [0.5, 0.6) is 0 Å². The molecule has 584 valence electrons. The van der Waals surface area contributed by atoms with E-state index in [9.17, 15) is 0 Å². The van der Waals surface area contributed by atoms with E-state index in [1.807, 2.05) is 0 Å². The average Bonchev–Trinajstić information content (AvgIpc) is 1.55.